The maximum atomic E-state index is 11.8. The van der Waals surface area contributed by atoms with Crippen molar-refractivity contribution >= 4 is 34.9 Å². The number of aliphatic hydroxyl groups excluding tert-OH is 1. The van der Waals surface area contributed by atoms with Crippen molar-refractivity contribution in [3.63, 3.8) is 0 Å². The molecule has 0 amide bonds. The molecule has 7 heteroatoms. The van der Waals surface area contributed by atoms with E-state index in [2.05, 4.69) is 68.6 Å². The molecular formula is C34H43NO5S. The second-order valence-corrected chi connectivity index (χ2v) is 11.9. The Morgan fingerprint density at radius 1 is 1.02 bits per heavy atom. The lowest BCUT2D eigenvalue weighted by Crippen LogP contribution is -2.25. The highest BCUT2D eigenvalue weighted by molar-refractivity contribution is 8.00. The van der Waals surface area contributed by atoms with Crippen molar-refractivity contribution in [2.24, 2.45) is 0 Å². The van der Waals surface area contributed by atoms with Gasteiger partial charge in [-0.2, -0.15) is 0 Å². The number of furan rings is 1. The molecule has 5 rings (SSSR count). The molecule has 0 bridgehead atoms. The van der Waals surface area contributed by atoms with Crippen LogP contribution in [0.5, 0.6) is 5.75 Å². The van der Waals surface area contributed by atoms with Crippen molar-refractivity contribution in [3.8, 4) is 28.2 Å². The third kappa shape index (κ3) is 6.48. The van der Waals surface area contributed by atoms with Crippen molar-refractivity contribution in [1.82, 2.24) is 0 Å². The van der Waals surface area contributed by atoms with Gasteiger partial charge in [-0.25, -0.2) is 0 Å². The van der Waals surface area contributed by atoms with Gasteiger partial charge in [-0.05, 0) is 88.4 Å². The predicted octanol–water partition coefficient (Wildman–Crippen LogP) is 7.99. The van der Waals surface area contributed by atoms with Gasteiger partial charge in [-0.1, -0.05) is 41.8 Å². The zero-order valence-corrected chi connectivity index (χ0v) is 26.7. The second-order valence-electron chi connectivity index (χ2n) is 11.1. The zero-order chi connectivity index (χ0) is 30.6. The van der Waals surface area contributed by atoms with E-state index in [9.17, 15) is 4.79 Å². The van der Waals surface area contributed by atoms with Gasteiger partial charge >= 0.3 is 0 Å². The number of methoxy groups -OCH3 is 1. The highest BCUT2D eigenvalue weighted by Gasteiger charge is 2.37. The molecule has 0 fully saturated rings. The summed E-state index contributed by atoms with van der Waals surface area (Å²) in [4.78, 5) is 11.8. The first-order chi connectivity index (χ1) is 19.4. The Morgan fingerprint density at radius 3 is 2.17 bits per heavy atom. The van der Waals surface area contributed by atoms with Gasteiger partial charge in [0.15, 0.2) is 0 Å². The number of benzene rings is 3. The predicted molar refractivity (Wildman–Crippen MR) is 172 cm³/mol. The van der Waals surface area contributed by atoms with Crippen LogP contribution in [0.1, 0.15) is 61.6 Å². The molecular weight excluding hydrogens is 534 g/mol. The van der Waals surface area contributed by atoms with Crippen molar-refractivity contribution in [3.05, 3.63) is 70.3 Å². The summed E-state index contributed by atoms with van der Waals surface area (Å²) in [5, 5.41) is 16.6. The van der Waals surface area contributed by atoms with Gasteiger partial charge in [-0.3, -0.25) is 0 Å². The minimum atomic E-state index is -0.500. The molecule has 2 N–H and O–H groups in total. The fraction of sp³-hybridized carbons (Fsp3) is 0.382. The van der Waals surface area contributed by atoms with Gasteiger partial charge in [0.25, 0.3) is 0 Å². The molecule has 0 radical (unpaired) electrons. The smallest absolute Gasteiger partial charge is 0.143 e. The molecule has 0 aliphatic carbocycles. The summed E-state index contributed by atoms with van der Waals surface area (Å²) >= 11 is 1.71. The molecule has 1 aromatic heterocycles. The first-order valence-electron chi connectivity index (χ1n) is 13.7. The Morgan fingerprint density at radius 2 is 1.63 bits per heavy atom. The van der Waals surface area contributed by atoms with E-state index in [1.54, 1.807) is 39.8 Å². The molecule has 1 atom stereocenters. The zero-order valence-electron chi connectivity index (χ0n) is 25.9. The maximum Gasteiger partial charge on any atom is 0.143 e. The van der Waals surface area contributed by atoms with Gasteiger partial charge < -0.3 is 28.5 Å². The Balaban J connectivity index is 0.000000598. The lowest BCUT2D eigenvalue weighted by atomic mass is 9.82. The van der Waals surface area contributed by atoms with Gasteiger partial charge in [0.2, 0.25) is 0 Å². The minimum absolute atomic E-state index is 0.111. The Kier molecular flexibility index (Phi) is 10.3. The van der Waals surface area contributed by atoms with Crippen molar-refractivity contribution in [2.45, 2.75) is 66.5 Å². The number of fused-ring (bicyclic) bond motifs is 5. The molecule has 6 nitrogen and oxygen atoms in total. The van der Waals surface area contributed by atoms with Gasteiger partial charge in [0.1, 0.15) is 23.4 Å². The lowest BCUT2D eigenvalue weighted by Gasteiger charge is -2.38. The number of rotatable bonds is 5. The highest BCUT2D eigenvalue weighted by atomic mass is 32.2. The number of hydrogen-bond acceptors (Lipinski definition) is 7. The molecule has 4 aromatic rings. The van der Waals surface area contributed by atoms with E-state index in [1.807, 2.05) is 12.1 Å². The van der Waals surface area contributed by atoms with Crippen LogP contribution >= 0.6 is 11.9 Å². The number of aliphatic hydroxyl groups is 2. The lowest BCUT2D eigenvalue weighted by molar-refractivity contribution is -0.107. The van der Waals surface area contributed by atoms with Gasteiger partial charge in [-0.15, -0.1) is 0 Å². The third-order valence-electron chi connectivity index (χ3n) is 7.07. The monoisotopic (exact) mass is 577 g/mol. The van der Waals surface area contributed by atoms with E-state index in [4.69, 9.17) is 19.4 Å². The van der Waals surface area contributed by atoms with Crippen LogP contribution in [0.3, 0.4) is 0 Å². The van der Waals surface area contributed by atoms with Crippen LogP contribution in [-0.2, 0) is 11.2 Å². The fourth-order valence-corrected chi connectivity index (χ4v) is 6.27. The van der Waals surface area contributed by atoms with E-state index in [0.717, 1.165) is 74.9 Å². The number of carbonyl (C=O) groups excluding carboxylic acids is 1. The van der Waals surface area contributed by atoms with Crippen LogP contribution < -0.4 is 9.04 Å². The number of anilines is 1. The van der Waals surface area contributed by atoms with Crippen molar-refractivity contribution in [1.29, 1.82) is 0 Å². The summed E-state index contributed by atoms with van der Waals surface area (Å²) in [7, 11) is 2.67. The molecule has 0 spiro atoms. The van der Waals surface area contributed by atoms with E-state index in [1.165, 1.54) is 11.1 Å². The molecule has 1 aliphatic rings. The number of nitrogens with zero attached hydrogens (tertiary/aromatic N) is 1. The normalized spacial score (nSPS) is 13.9. The van der Waals surface area contributed by atoms with Crippen LogP contribution in [0.2, 0.25) is 0 Å². The van der Waals surface area contributed by atoms with Gasteiger partial charge in [0, 0.05) is 42.4 Å². The summed E-state index contributed by atoms with van der Waals surface area (Å²) in [5.74, 6) is 1.70. The first kappa shape index (κ1) is 32.3. The van der Waals surface area contributed by atoms with Crippen molar-refractivity contribution in [2.75, 3.05) is 24.8 Å². The molecule has 1 aliphatic heterocycles. The summed E-state index contributed by atoms with van der Waals surface area (Å²) in [6, 6.07) is 14.7. The average Bonchev–Trinajstić information content (AvgIpc) is 3.31. The molecule has 2 heterocycles. The van der Waals surface area contributed by atoms with Crippen LogP contribution in [0.15, 0.2) is 46.9 Å². The number of aldehydes is 1. The van der Waals surface area contributed by atoms with Crippen molar-refractivity contribution < 1.29 is 24.2 Å². The van der Waals surface area contributed by atoms with Gasteiger partial charge in [0.05, 0.1) is 24.4 Å². The maximum absolute atomic E-state index is 11.8. The van der Waals surface area contributed by atoms with Crippen LogP contribution in [-0.4, -0.2) is 42.6 Å². The average molecular weight is 578 g/mol. The molecule has 0 unspecified atom stereocenters. The first-order valence-corrected chi connectivity index (χ1v) is 14.9. The fourth-order valence-electron chi connectivity index (χ4n) is 5.43. The number of aryl methyl sites for hydroxylation is 1. The SMILES string of the molecule is CC(C)(C)O.CO.COc1ccc2c3c(oc2c1)-c1c(C)c(-c2ccc(C)cc2)c(CC=O)c(C)c1N(SC)[C@H]3C. The summed E-state index contributed by atoms with van der Waals surface area (Å²) in [6.07, 6.45) is 3.50. The van der Waals surface area contributed by atoms with Crippen LogP contribution in [0.25, 0.3) is 33.4 Å². The largest absolute Gasteiger partial charge is 0.497 e. The summed E-state index contributed by atoms with van der Waals surface area (Å²) in [6.45, 7) is 13.8. The Labute approximate surface area is 248 Å². The molecule has 0 saturated carbocycles. The third-order valence-corrected chi connectivity index (χ3v) is 7.97. The summed E-state index contributed by atoms with van der Waals surface area (Å²) < 4.78 is 14.4. The standard InChI is InChI=1S/C29H29NO3S.C4H10O.CH4O/c1-16-7-9-20(10-8-16)25-18(3)26-28(17(2)22(25)13-14-31)30(34-6)19(4)27-23-12-11-21(32-5)15-24(23)33-29(26)27;1-4(2,3)5;1-2/h7-12,14-15,19H,13H2,1-6H3;5H,1-3H3;2H,1H3/t19-;;/m0../s1. The highest BCUT2D eigenvalue weighted by Crippen LogP contribution is 2.55. The van der Waals surface area contributed by atoms with E-state index in [-0.39, 0.29) is 6.04 Å². The minimum Gasteiger partial charge on any atom is -0.497 e. The summed E-state index contributed by atoms with van der Waals surface area (Å²) in [5.41, 5.74) is 10.6. The Bertz CT molecular complexity index is 1510. The Hall–Kier alpha value is -3.26. The molecule has 220 valence electrons. The van der Waals surface area contributed by atoms with E-state index < -0.39 is 5.60 Å². The number of hydrogen-bond donors (Lipinski definition) is 2. The van der Waals surface area contributed by atoms with E-state index in [0.29, 0.717) is 6.42 Å². The molecule has 41 heavy (non-hydrogen) atoms. The number of ether oxygens (including phenoxy) is 1. The number of carbonyl (C=O) groups is 1. The quantitative estimate of drug-likeness (QED) is 0.184. The van der Waals surface area contributed by atoms with Crippen LogP contribution in [0.4, 0.5) is 5.69 Å². The molecule has 3 aromatic carbocycles. The second kappa shape index (κ2) is 13.1. The van der Waals surface area contributed by atoms with Crippen LogP contribution in [0, 0.1) is 20.8 Å². The topological polar surface area (TPSA) is 83.1 Å². The molecule has 0 saturated heterocycles. The van der Waals surface area contributed by atoms with E-state index >= 15 is 0 Å².